The van der Waals surface area contributed by atoms with Crippen LogP contribution in [0.5, 0.6) is 5.75 Å². The fourth-order valence-electron chi connectivity index (χ4n) is 4.78. The number of nitrogens with two attached hydrogens (primary N) is 1. The number of carboxylic acids is 1. The van der Waals surface area contributed by atoms with Crippen molar-refractivity contribution >= 4 is 36.6 Å². The highest BCUT2D eigenvalue weighted by atomic mass is 31.2. The van der Waals surface area contributed by atoms with Gasteiger partial charge in [-0.05, 0) is 38.8 Å². The summed E-state index contributed by atoms with van der Waals surface area (Å²) in [6.45, 7) is 2.22. The van der Waals surface area contributed by atoms with Crippen LogP contribution in [-0.4, -0.2) is 79.1 Å². The summed E-state index contributed by atoms with van der Waals surface area (Å²) in [6, 6.07) is 6.15. The minimum absolute atomic E-state index is 0.0193. The van der Waals surface area contributed by atoms with Crippen LogP contribution >= 0.6 is 7.75 Å². The molecule has 5 N–H and O–H groups in total. The van der Waals surface area contributed by atoms with Gasteiger partial charge in [0.2, 0.25) is 5.95 Å². The van der Waals surface area contributed by atoms with E-state index in [-0.39, 0.29) is 22.9 Å². The summed E-state index contributed by atoms with van der Waals surface area (Å²) in [4.78, 5) is 26.1. The number of hydrogen-bond donors (Lipinski definition) is 4. The van der Waals surface area contributed by atoms with Gasteiger partial charge in [-0.2, -0.15) is 15.1 Å². The van der Waals surface area contributed by atoms with Gasteiger partial charge < -0.3 is 30.1 Å². The van der Waals surface area contributed by atoms with Gasteiger partial charge >= 0.3 is 13.7 Å². The number of para-hydroxylation sites is 1. The molecule has 2 aliphatic heterocycles. The molecular weight excluding hydrogens is 567 g/mol. The van der Waals surface area contributed by atoms with Crippen LogP contribution in [-0.2, 0) is 18.6 Å². The summed E-state index contributed by atoms with van der Waals surface area (Å²) < 4.78 is 62.8. The van der Waals surface area contributed by atoms with E-state index in [1.807, 2.05) is 4.90 Å². The standard InChI is InChI=1S/C24H30F2N7O7P/c1-14(19(34)35)31-41(37,40-15-8-4-3-5-9-15)38-12-24(26)20(36)23(2,25)21(39-24)33-13-28-16-17(32-10-6-7-11-32)29-22(27)30-18(16)33/h3-5,8-9,13-14,20-21,36H,6-7,10-12H2,1-2H3,(H,31,37)(H,34,35)(H2,27,29,30)/t14?,20-,21+,23+,24+,41?/m0/s1. The number of benzene rings is 1. The summed E-state index contributed by atoms with van der Waals surface area (Å²) in [5, 5.41) is 22.2. The maximum absolute atomic E-state index is 16.2. The number of nitrogens with zero attached hydrogens (tertiary/aromatic N) is 5. The second-order valence-electron chi connectivity index (χ2n) is 10.1. The van der Waals surface area contributed by atoms with Crippen molar-refractivity contribution in [3.8, 4) is 5.75 Å². The summed E-state index contributed by atoms with van der Waals surface area (Å²) in [5.41, 5.74) is 3.50. The number of alkyl halides is 2. The molecule has 2 aromatic heterocycles. The average Bonchev–Trinajstić information content (AvgIpc) is 3.64. The second kappa shape index (κ2) is 10.8. The van der Waals surface area contributed by atoms with Gasteiger partial charge in [0.15, 0.2) is 35.0 Å². The molecule has 14 nitrogen and oxygen atoms in total. The van der Waals surface area contributed by atoms with E-state index in [1.165, 1.54) is 25.4 Å². The van der Waals surface area contributed by atoms with Crippen LogP contribution in [0.2, 0.25) is 0 Å². The molecule has 0 saturated carbocycles. The molecule has 0 radical (unpaired) electrons. The Labute approximate surface area is 233 Å². The molecule has 0 aliphatic carbocycles. The second-order valence-corrected chi connectivity index (χ2v) is 11.8. The third-order valence-corrected chi connectivity index (χ3v) is 8.56. The highest BCUT2D eigenvalue weighted by molar-refractivity contribution is 7.52. The van der Waals surface area contributed by atoms with Gasteiger partial charge in [0.1, 0.15) is 18.4 Å². The first-order chi connectivity index (χ1) is 19.3. The number of anilines is 2. The zero-order valence-electron chi connectivity index (χ0n) is 22.2. The first kappa shape index (κ1) is 29.1. The van der Waals surface area contributed by atoms with Crippen LogP contribution in [0, 0.1) is 0 Å². The Bertz CT molecular complexity index is 1470. The summed E-state index contributed by atoms with van der Waals surface area (Å²) >= 11 is 0. The van der Waals surface area contributed by atoms with Crippen molar-refractivity contribution in [3.05, 3.63) is 36.7 Å². The van der Waals surface area contributed by atoms with Gasteiger partial charge in [-0.25, -0.2) is 18.3 Å². The predicted molar refractivity (Wildman–Crippen MR) is 142 cm³/mol. The Kier molecular flexibility index (Phi) is 7.63. The van der Waals surface area contributed by atoms with E-state index < -0.39 is 50.2 Å². The SMILES string of the molecule is CC(NP(=O)(OC[C@@]1(F)O[C@@H](n2cnc3c(N4CCCC4)nc(N)nc32)[C@](C)(F)[C@@H]1O)Oc1ccccc1)C(=O)O. The number of fused-ring (bicyclic) bond motifs is 1. The number of rotatable bonds is 10. The number of nitrogens with one attached hydrogen (secondary N) is 1. The smallest absolute Gasteiger partial charge is 0.459 e. The molecule has 0 bridgehead atoms. The highest BCUT2D eigenvalue weighted by Crippen LogP contribution is 2.52. The van der Waals surface area contributed by atoms with Crippen LogP contribution in [0.1, 0.15) is 32.9 Å². The van der Waals surface area contributed by atoms with Crippen molar-refractivity contribution in [2.45, 2.75) is 56.6 Å². The molecule has 3 aromatic rings. The number of aliphatic hydroxyl groups is 1. The number of carboxylic acid groups (broad SMARTS) is 1. The first-order valence-electron chi connectivity index (χ1n) is 12.8. The Morgan fingerprint density at radius 1 is 1.29 bits per heavy atom. The maximum atomic E-state index is 16.2. The molecule has 222 valence electrons. The largest absolute Gasteiger partial charge is 0.480 e. The number of aromatic nitrogens is 4. The number of aliphatic hydroxyl groups excluding tert-OH is 1. The zero-order chi connectivity index (χ0) is 29.6. The van der Waals surface area contributed by atoms with Gasteiger partial charge in [0.05, 0.1) is 6.33 Å². The molecule has 6 atom stereocenters. The van der Waals surface area contributed by atoms with Crippen LogP contribution in [0.15, 0.2) is 36.7 Å². The van der Waals surface area contributed by atoms with Crippen molar-refractivity contribution in [2.24, 2.45) is 0 Å². The van der Waals surface area contributed by atoms with Crippen LogP contribution in [0.4, 0.5) is 20.5 Å². The number of ether oxygens (including phenoxy) is 1. The van der Waals surface area contributed by atoms with Gasteiger partial charge in [-0.15, -0.1) is 0 Å². The zero-order valence-corrected chi connectivity index (χ0v) is 23.1. The topological polar surface area (TPSA) is 187 Å². The van der Waals surface area contributed by atoms with Gasteiger partial charge in [-0.3, -0.25) is 13.9 Å². The first-order valence-corrected chi connectivity index (χ1v) is 14.4. The molecule has 41 heavy (non-hydrogen) atoms. The average molecular weight is 598 g/mol. The van der Waals surface area contributed by atoms with Gasteiger partial charge in [0, 0.05) is 13.1 Å². The van der Waals surface area contributed by atoms with E-state index in [0.717, 1.165) is 24.3 Å². The lowest BCUT2D eigenvalue weighted by molar-refractivity contribution is -0.202. The monoisotopic (exact) mass is 597 g/mol. The lowest BCUT2D eigenvalue weighted by Crippen LogP contribution is -2.47. The molecule has 1 aromatic carbocycles. The number of imidazole rings is 1. The molecule has 0 spiro atoms. The van der Waals surface area contributed by atoms with E-state index in [0.29, 0.717) is 18.9 Å². The normalized spacial score (nSPS) is 28.6. The molecule has 0 amide bonds. The predicted octanol–water partition coefficient (Wildman–Crippen LogP) is 2.56. The van der Waals surface area contributed by atoms with Crippen molar-refractivity contribution in [2.75, 3.05) is 30.3 Å². The van der Waals surface area contributed by atoms with Gasteiger partial charge in [-0.1, -0.05) is 18.2 Å². The molecule has 5 rings (SSSR count). The van der Waals surface area contributed by atoms with Crippen molar-refractivity contribution in [3.63, 3.8) is 0 Å². The molecule has 2 fully saturated rings. The molecule has 2 unspecified atom stereocenters. The van der Waals surface area contributed by atoms with Crippen molar-refractivity contribution < 1.29 is 42.1 Å². The molecular formula is C24H30F2N7O7P. The quantitative estimate of drug-likeness (QED) is 0.250. The summed E-state index contributed by atoms with van der Waals surface area (Å²) in [5.74, 6) is -4.31. The number of hydrogen-bond acceptors (Lipinski definition) is 11. The van der Waals surface area contributed by atoms with E-state index in [4.69, 9.17) is 19.5 Å². The summed E-state index contributed by atoms with van der Waals surface area (Å²) in [7, 11) is -4.61. The summed E-state index contributed by atoms with van der Waals surface area (Å²) in [6.07, 6.45) is -1.20. The molecule has 17 heteroatoms. The third kappa shape index (κ3) is 5.57. The maximum Gasteiger partial charge on any atom is 0.459 e. The van der Waals surface area contributed by atoms with Crippen molar-refractivity contribution in [1.29, 1.82) is 0 Å². The minimum atomic E-state index is -4.61. The highest BCUT2D eigenvalue weighted by Gasteiger charge is 2.65. The van der Waals surface area contributed by atoms with Crippen LogP contribution in [0.3, 0.4) is 0 Å². The van der Waals surface area contributed by atoms with Crippen LogP contribution in [0.25, 0.3) is 11.2 Å². The Morgan fingerprint density at radius 3 is 2.63 bits per heavy atom. The van der Waals surface area contributed by atoms with E-state index in [2.05, 4.69) is 20.0 Å². The molecule has 4 heterocycles. The molecule has 2 aliphatic rings. The van der Waals surface area contributed by atoms with Gasteiger partial charge in [0.25, 0.3) is 5.85 Å². The lowest BCUT2D eigenvalue weighted by Gasteiger charge is -2.27. The Balaban J connectivity index is 1.43. The molecule has 2 saturated heterocycles. The lowest BCUT2D eigenvalue weighted by atomic mass is 9.97. The van der Waals surface area contributed by atoms with E-state index >= 15 is 8.78 Å². The third-order valence-electron chi connectivity index (χ3n) is 6.93. The number of carbonyl (C=O) groups is 1. The number of halogens is 2. The van der Waals surface area contributed by atoms with E-state index in [1.54, 1.807) is 18.2 Å². The minimum Gasteiger partial charge on any atom is -0.480 e. The van der Waals surface area contributed by atoms with Crippen molar-refractivity contribution in [1.82, 2.24) is 24.6 Å². The van der Waals surface area contributed by atoms with E-state index in [9.17, 15) is 19.6 Å². The number of aliphatic carboxylic acids is 1. The fraction of sp³-hybridized carbons (Fsp3) is 0.500. The Morgan fingerprint density at radius 2 is 1.98 bits per heavy atom. The number of nitrogen functional groups attached to an aromatic ring is 1. The Hall–Kier alpha value is -3.43. The fourth-order valence-corrected chi connectivity index (χ4v) is 6.29. The van der Waals surface area contributed by atoms with Crippen LogP contribution < -0.4 is 20.2 Å².